The summed E-state index contributed by atoms with van der Waals surface area (Å²) in [5, 5.41) is 3.98. The van der Waals surface area contributed by atoms with E-state index in [-0.39, 0.29) is 24.0 Å². The lowest BCUT2D eigenvalue weighted by Crippen LogP contribution is -2.40. The normalized spacial score (nSPS) is 12.8. The molecule has 1 aromatic heterocycles. The van der Waals surface area contributed by atoms with Gasteiger partial charge in [0.05, 0.1) is 10.3 Å². The molecule has 1 unspecified atom stereocenters. The van der Waals surface area contributed by atoms with Gasteiger partial charge in [0.1, 0.15) is 0 Å². The second-order valence-electron chi connectivity index (χ2n) is 4.04. The Morgan fingerprint density at radius 3 is 2.74 bits per heavy atom. The topological polar surface area (TPSA) is 27.6 Å². The van der Waals surface area contributed by atoms with E-state index in [1.807, 2.05) is 18.8 Å². The Morgan fingerprint density at radius 2 is 2.26 bits per heavy atom. The Bertz CT molecular complexity index is 398. The Hall–Kier alpha value is 0.530. The van der Waals surface area contributed by atoms with Crippen molar-refractivity contribution in [2.75, 3.05) is 26.9 Å². The summed E-state index contributed by atoms with van der Waals surface area (Å²) in [6.45, 7) is 4.03. The molecule has 0 fully saturated rings. The second-order valence-corrected chi connectivity index (χ2v) is 7.86. The van der Waals surface area contributed by atoms with Crippen LogP contribution in [0.3, 0.4) is 0 Å². The molecule has 0 aliphatic carbocycles. The van der Waals surface area contributed by atoms with Gasteiger partial charge in [0.25, 0.3) is 0 Å². The Labute approximate surface area is 149 Å². The van der Waals surface area contributed by atoms with Crippen LogP contribution in [0.5, 0.6) is 0 Å². The van der Waals surface area contributed by atoms with Gasteiger partial charge >= 0.3 is 0 Å². The molecule has 1 atom stereocenters. The van der Waals surface area contributed by atoms with Crippen LogP contribution in [0.15, 0.2) is 20.9 Å². The molecule has 1 aromatic rings. The quantitative estimate of drug-likeness (QED) is 0.396. The molecule has 7 heteroatoms. The summed E-state index contributed by atoms with van der Waals surface area (Å²) in [5.74, 6) is 0.945. The number of aliphatic imine (C=N–C) groups is 1. The van der Waals surface area contributed by atoms with Crippen LogP contribution in [-0.2, 0) is 6.54 Å². The number of rotatable bonds is 5. The van der Waals surface area contributed by atoms with Gasteiger partial charge in [0.15, 0.2) is 5.96 Å². The average Bonchev–Trinajstić information content (AvgIpc) is 2.75. The SMILES string of the molecule is CN=C(NCC(C)SC)N(C)Cc1ccc(Br)s1.I. The molecule has 0 saturated heterocycles. The minimum absolute atomic E-state index is 0. The standard InChI is InChI=1S/C12H20BrN3S2.HI/c1-9(17-4)7-15-12(14-2)16(3)8-10-5-6-11(13)18-10;/h5-6,9H,7-8H2,1-4H3,(H,14,15);1H. The van der Waals surface area contributed by atoms with Gasteiger partial charge in [-0.05, 0) is 34.3 Å². The van der Waals surface area contributed by atoms with E-state index in [1.165, 1.54) is 8.66 Å². The molecule has 0 aromatic carbocycles. The zero-order valence-electron chi connectivity index (χ0n) is 11.6. The molecule has 110 valence electrons. The van der Waals surface area contributed by atoms with Crippen molar-refractivity contribution >= 4 is 69.0 Å². The van der Waals surface area contributed by atoms with Crippen molar-refractivity contribution in [2.45, 2.75) is 18.7 Å². The van der Waals surface area contributed by atoms with E-state index in [0.717, 1.165) is 19.0 Å². The second kappa shape index (κ2) is 10.3. The maximum Gasteiger partial charge on any atom is 0.193 e. The molecule has 0 aliphatic heterocycles. The van der Waals surface area contributed by atoms with Gasteiger partial charge < -0.3 is 10.2 Å². The minimum atomic E-state index is 0. The Kier molecular flexibility index (Phi) is 10.6. The maximum absolute atomic E-state index is 4.31. The van der Waals surface area contributed by atoms with E-state index < -0.39 is 0 Å². The number of hydrogen-bond acceptors (Lipinski definition) is 3. The number of nitrogens with one attached hydrogen (secondary N) is 1. The van der Waals surface area contributed by atoms with Gasteiger partial charge in [0.2, 0.25) is 0 Å². The van der Waals surface area contributed by atoms with Gasteiger partial charge in [-0.25, -0.2) is 0 Å². The number of thiophene rings is 1. The fraction of sp³-hybridized carbons (Fsp3) is 0.583. The number of thioether (sulfide) groups is 1. The first kappa shape index (κ1) is 19.5. The van der Waals surface area contributed by atoms with E-state index in [9.17, 15) is 0 Å². The first-order valence-electron chi connectivity index (χ1n) is 5.75. The summed E-state index contributed by atoms with van der Waals surface area (Å²) in [6.07, 6.45) is 2.13. The molecule has 1 rings (SSSR count). The highest BCUT2D eigenvalue weighted by molar-refractivity contribution is 14.0. The molecule has 0 aliphatic rings. The molecule has 0 bridgehead atoms. The molecule has 1 N–H and O–H groups in total. The molecule has 0 spiro atoms. The predicted molar refractivity (Wildman–Crippen MR) is 103 cm³/mol. The summed E-state index contributed by atoms with van der Waals surface area (Å²) in [5.41, 5.74) is 0. The summed E-state index contributed by atoms with van der Waals surface area (Å²) in [7, 11) is 3.89. The smallest absolute Gasteiger partial charge is 0.193 e. The van der Waals surface area contributed by atoms with Crippen LogP contribution in [0.1, 0.15) is 11.8 Å². The van der Waals surface area contributed by atoms with Crippen LogP contribution in [-0.4, -0.2) is 43.0 Å². The maximum atomic E-state index is 4.31. The number of halogens is 2. The van der Waals surface area contributed by atoms with Crippen molar-refractivity contribution in [3.8, 4) is 0 Å². The molecular formula is C12H21BrIN3S2. The van der Waals surface area contributed by atoms with Gasteiger partial charge in [-0.3, -0.25) is 4.99 Å². The first-order valence-corrected chi connectivity index (χ1v) is 8.65. The summed E-state index contributed by atoms with van der Waals surface area (Å²) >= 11 is 7.10. The van der Waals surface area contributed by atoms with Gasteiger partial charge in [-0.2, -0.15) is 11.8 Å². The van der Waals surface area contributed by atoms with E-state index >= 15 is 0 Å². The van der Waals surface area contributed by atoms with Crippen LogP contribution in [0.2, 0.25) is 0 Å². The zero-order chi connectivity index (χ0) is 13.5. The molecule has 19 heavy (non-hydrogen) atoms. The molecule has 1 heterocycles. The highest BCUT2D eigenvalue weighted by Gasteiger charge is 2.09. The summed E-state index contributed by atoms with van der Waals surface area (Å²) in [4.78, 5) is 7.78. The van der Waals surface area contributed by atoms with Crippen LogP contribution in [0.4, 0.5) is 0 Å². The summed E-state index contributed by atoms with van der Waals surface area (Å²) < 4.78 is 1.17. The van der Waals surface area contributed by atoms with Gasteiger partial charge in [0, 0.05) is 30.8 Å². The van der Waals surface area contributed by atoms with Crippen molar-refractivity contribution in [2.24, 2.45) is 4.99 Å². The number of hydrogen-bond donors (Lipinski definition) is 1. The van der Waals surface area contributed by atoms with Crippen molar-refractivity contribution in [1.82, 2.24) is 10.2 Å². The fourth-order valence-electron chi connectivity index (χ4n) is 1.45. The highest BCUT2D eigenvalue weighted by atomic mass is 127. The average molecular weight is 478 g/mol. The lowest BCUT2D eigenvalue weighted by Gasteiger charge is -2.22. The van der Waals surface area contributed by atoms with Crippen LogP contribution < -0.4 is 5.32 Å². The lowest BCUT2D eigenvalue weighted by molar-refractivity contribution is 0.482. The van der Waals surface area contributed by atoms with Gasteiger partial charge in [-0.15, -0.1) is 35.3 Å². The fourth-order valence-corrected chi connectivity index (χ4v) is 3.24. The molecular weight excluding hydrogens is 457 g/mol. The van der Waals surface area contributed by atoms with Crippen LogP contribution >= 0.6 is 63.0 Å². The monoisotopic (exact) mass is 477 g/mol. The predicted octanol–water partition coefficient (Wildman–Crippen LogP) is 3.89. The molecule has 0 saturated carbocycles. The van der Waals surface area contributed by atoms with E-state index in [1.54, 1.807) is 11.3 Å². The third-order valence-electron chi connectivity index (χ3n) is 2.55. The first-order chi connectivity index (χ1) is 8.56. The molecule has 0 amide bonds. The number of nitrogens with zero attached hydrogens (tertiary/aromatic N) is 2. The third-order valence-corrected chi connectivity index (χ3v) is 5.13. The van der Waals surface area contributed by atoms with Crippen molar-refractivity contribution in [3.05, 3.63) is 20.8 Å². The minimum Gasteiger partial charge on any atom is -0.355 e. The summed E-state index contributed by atoms with van der Waals surface area (Å²) in [6, 6.07) is 4.23. The van der Waals surface area contributed by atoms with E-state index in [4.69, 9.17) is 0 Å². The van der Waals surface area contributed by atoms with E-state index in [0.29, 0.717) is 5.25 Å². The third kappa shape index (κ3) is 7.19. The molecule has 3 nitrogen and oxygen atoms in total. The largest absolute Gasteiger partial charge is 0.355 e. The van der Waals surface area contributed by atoms with E-state index in [2.05, 4.69) is 63.5 Å². The van der Waals surface area contributed by atoms with Gasteiger partial charge in [-0.1, -0.05) is 6.92 Å². The number of guanidine groups is 1. The Balaban J connectivity index is 0.00000324. The van der Waals surface area contributed by atoms with Crippen molar-refractivity contribution < 1.29 is 0 Å². The lowest BCUT2D eigenvalue weighted by atomic mass is 10.4. The highest BCUT2D eigenvalue weighted by Crippen LogP contribution is 2.22. The van der Waals surface area contributed by atoms with Crippen molar-refractivity contribution in [1.29, 1.82) is 0 Å². The van der Waals surface area contributed by atoms with Crippen LogP contribution in [0, 0.1) is 0 Å². The van der Waals surface area contributed by atoms with Crippen molar-refractivity contribution in [3.63, 3.8) is 0 Å². The molecule has 0 radical (unpaired) electrons. The zero-order valence-corrected chi connectivity index (χ0v) is 17.2. The van der Waals surface area contributed by atoms with Crippen LogP contribution in [0.25, 0.3) is 0 Å². The Morgan fingerprint density at radius 1 is 1.58 bits per heavy atom.